The Bertz CT molecular complexity index is 3470. The van der Waals surface area contributed by atoms with E-state index in [1.54, 1.807) is 25.1 Å². The van der Waals surface area contributed by atoms with E-state index in [2.05, 4.69) is 47.3 Å². The largest absolute Gasteiger partial charge is 0.508 e. The van der Waals surface area contributed by atoms with Crippen LogP contribution in [0.3, 0.4) is 0 Å². The molecule has 5 aliphatic carbocycles. The molecule has 0 radical (unpaired) electrons. The molecule has 0 amide bonds. The predicted molar refractivity (Wildman–Crippen MR) is 303 cm³/mol. The summed E-state index contributed by atoms with van der Waals surface area (Å²) in [5.41, 5.74) is 13.0. The molecular formula is C65H76N4O12. The van der Waals surface area contributed by atoms with Crippen molar-refractivity contribution in [2.45, 2.75) is 151 Å². The average Bonchev–Trinajstić information content (AvgIpc) is 2.54. The van der Waals surface area contributed by atoms with Gasteiger partial charge in [0.1, 0.15) is 58.1 Å². The standard InChI is InChI=1S/C65H76N4O12/c1-4-48(65(78)27-35-21-37(65)20-34-19-33(16-18-70)58(75)44-8-6-7-40(35)53(34)44)63(77)80-51-26-46-59(76)56-50(74)25-39(29-71)79-61(56)57-54-43-15-17-68-62(66)55(43)42(14-10-31-9-12-38(73)24-45(31)47(54)30-72)41-13-11-32-23-52(67-5-2)69-28-36(32)22-49(41)64(51,3)81-60(46)57/h4,6-9,12,15,23-25,28,33-35,37,41-42,47,49,51-52,54,58,67-73,75-76,78H,5,10-11,13-14,16-22,26-27,29-30,66H2,1-3H3/b48-4+/t33-,34-,35+,37-,41-,42+,47-,49+,51-,52?,54+,58+,64+,65+/m1/s1. The molecule has 6 bridgehead atoms. The molecule has 13 rings (SSSR count). The number of carbonyl (C=O) groups is 1. The number of aryl methyl sites for hydroxylation is 1. The van der Waals surface area contributed by atoms with Gasteiger partial charge >= 0.3 is 5.97 Å². The van der Waals surface area contributed by atoms with Crippen molar-refractivity contribution in [1.82, 2.24) is 16.0 Å². The van der Waals surface area contributed by atoms with Gasteiger partial charge in [-0.2, -0.15) is 0 Å². The maximum absolute atomic E-state index is 15.8. The maximum atomic E-state index is 15.8. The van der Waals surface area contributed by atoms with E-state index in [9.17, 15) is 40.5 Å². The smallest absolute Gasteiger partial charge is 0.337 e. The highest BCUT2D eigenvalue weighted by Crippen LogP contribution is 2.63. The van der Waals surface area contributed by atoms with Gasteiger partial charge in [-0.3, -0.25) is 10.1 Å². The molecule has 0 saturated heterocycles. The van der Waals surface area contributed by atoms with Crippen molar-refractivity contribution < 1.29 is 54.4 Å². The number of fused-ring (bicyclic) bond motifs is 12. The van der Waals surface area contributed by atoms with Gasteiger partial charge in [0.25, 0.3) is 0 Å². The molecule has 9 aliphatic rings. The van der Waals surface area contributed by atoms with Gasteiger partial charge in [-0.05, 0) is 188 Å². The number of allylic oxidation sites excluding steroid dienone is 5. The highest BCUT2D eigenvalue weighted by molar-refractivity contribution is 5.93. The van der Waals surface area contributed by atoms with E-state index in [0.29, 0.717) is 81.3 Å². The highest BCUT2D eigenvalue weighted by Gasteiger charge is 2.60. The molecule has 1 aromatic heterocycles. The quantitative estimate of drug-likeness (QED) is 0.0595. The van der Waals surface area contributed by atoms with E-state index < -0.39 is 71.5 Å². The molecule has 81 heavy (non-hydrogen) atoms. The first-order valence-electron chi connectivity index (χ1n) is 29.5. The number of phenols is 2. The van der Waals surface area contributed by atoms with E-state index in [0.717, 1.165) is 51.6 Å². The number of esters is 1. The fourth-order valence-corrected chi connectivity index (χ4v) is 17.4. The number of rotatable bonds is 9. The molecule has 16 nitrogen and oxygen atoms in total. The van der Waals surface area contributed by atoms with Crippen LogP contribution < -0.4 is 31.8 Å². The summed E-state index contributed by atoms with van der Waals surface area (Å²) in [5, 5.41) is 92.3. The number of nitrogens with two attached hydrogens (primary N) is 1. The van der Waals surface area contributed by atoms with Gasteiger partial charge in [0.15, 0.2) is 5.43 Å². The lowest BCUT2D eigenvalue weighted by atomic mass is 9.61. The fourth-order valence-electron chi connectivity index (χ4n) is 17.4. The first kappa shape index (κ1) is 53.9. The Morgan fingerprint density at radius 2 is 1.80 bits per heavy atom. The maximum Gasteiger partial charge on any atom is 0.337 e. The summed E-state index contributed by atoms with van der Waals surface area (Å²) in [6, 6.07) is 12.5. The van der Waals surface area contributed by atoms with Crippen molar-refractivity contribution in [3.63, 3.8) is 0 Å². The number of hydrogen-bond acceptors (Lipinski definition) is 16. The summed E-state index contributed by atoms with van der Waals surface area (Å²) in [7, 11) is 0. The van der Waals surface area contributed by atoms with E-state index >= 15 is 4.79 Å². The van der Waals surface area contributed by atoms with Crippen molar-refractivity contribution in [2.24, 2.45) is 35.3 Å². The summed E-state index contributed by atoms with van der Waals surface area (Å²) in [6.45, 7) is 5.81. The van der Waals surface area contributed by atoms with E-state index in [4.69, 9.17) is 19.6 Å². The number of carbonyl (C=O) groups excluding carboxylic acids is 1. The van der Waals surface area contributed by atoms with Gasteiger partial charge in [-0.25, -0.2) is 4.79 Å². The Kier molecular flexibility index (Phi) is 13.6. The summed E-state index contributed by atoms with van der Waals surface area (Å²) in [6.07, 6.45) is 11.6. The lowest BCUT2D eigenvalue weighted by molar-refractivity contribution is -0.171. The number of dihydropyridines is 2. The molecule has 0 spiro atoms. The molecule has 14 atom stereocenters. The molecule has 16 heteroatoms. The van der Waals surface area contributed by atoms with Crippen LogP contribution in [0.5, 0.6) is 17.2 Å². The van der Waals surface area contributed by atoms with Crippen LogP contribution in [0.4, 0.5) is 0 Å². The topological polar surface area (TPSA) is 269 Å². The molecule has 12 N–H and O–H groups in total. The Morgan fingerprint density at radius 1 is 0.988 bits per heavy atom. The number of ether oxygens (including phenoxy) is 2. The van der Waals surface area contributed by atoms with E-state index in [1.165, 1.54) is 5.57 Å². The molecule has 5 heterocycles. The lowest BCUT2D eigenvalue weighted by Crippen LogP contribution is -2.59. The molecule has 2 fully saturated rings. The van der Waals surface area contributed by atoms with Gasteiger partial charge in [-0.1, -0.05) is 43.3 Å². The number of aromatic hydroxyl groups is 2. The highest BCUT2D eigenvalue weighted by atomic mass is 16.6. The number of benzene rings is 3. The average molecular weight is 1110 g/mol. The van der Waals surface area contributed by atoms with Crippen molar-refractivity contribution >= 4 is 16.9 Å². The van der Waals surface area contributed by atoms with Crippen molar-refractivity contribution in [1.29, 1.82) is 0 Å². The van der Waals surface area contributed by atoms with Crippen LogP contribution in [0.1, 0.15) is 153 Å². The second kappa shape index (κ2) is 20.5. The SMILES string of the molecule is C/C=C(\C(=O)O[C@@H]1Cc2c3c(c4oc(CO)cc(=O)c4c2O)[C@H]2C4=CCNC(N)=C4[C@@H](CCc4ccc(O)cc4[C@H]2CO)[C@H]2CCC4=CC(NCC)NC=C4C[C@@H]2[C@]1(C)O3)[C@]1(O)C[C@@H]2C[C@H]1C[C@H]1C[C@@H](CCO)[C@H](O)c3cccc2c31. The van der Waals surface area contributed by atoms with Crippen LogP contribution in [-0.2, 0) is 29.0 Å². The minimum atomic E-state index is -1.60. The number of aliphatic hydroxyl groups is 5. The van der Waals surface area contributed by atoms with Crippen LogP contribution in [-0.4, -0.2) is 91.5 Å². The number of likely N-dealkylation sites (N-methyl/N-ethyl adjacent to an activating group) is 1. The predicted octanol–water partition coefficient (Wildman–Crippen LogP) is 7.00. The van der Waals surface area contributed by atoms with Crippen LogP contribution in [0.2, 0.25) is 0 Å². The fraction of sp³-hybridized carbons (Fsp3) is 0.508. The zero-order valence-electron chi connectivity index (χ0n) is 46.3. The van der Waals surface area contributed by atoms with Crippen LogP contribution in [0.15, 0.2) is 110 Å². The van der Waals surface area contributed by atoms with E-state index in [1.807, 2.05) is 25.1 Å². The Labute approximate surface area is 471 Å². The van der Waals surface area contributed by atoms with Gasteiger partial charge in [0, 0.05) is 60.7 Å². The van der Waals surface area contributed by atoms with Crippen molar-refractivity contribution in [3.8, 4) is 17.2 Å². The van der Waals surface area contributed by atoms with Crippen LogP contribution in [0, 0.1) is 29.6 Å². The second-order valence-electron chi connectivity index (χ2n) is 24.8. The molecule has 4 aromatic rings. The van der Waals surface area contributed by atoms with Gasteiger partial charge in [0.05, 0.1) is 30.1 Å². The van der Waals surface area contributed by atoms with Crippen LogP contribution in [0.25, 0.3) is 11.0 Å². The van der Waals surface area contributed by atoms with Crippen molar-refractivity contribution in [3.05, 3.63) is 156 Å². The monoisotopic (exact) mass is 1100 g/mol. The van der Waals surface area contributed by atoms with Gasteiger partial charge < -0.3 is 66.0 Å². The Balaban J connectivity index is 1.01. The van der Waals surface area contributed by atoms with Crippen molar-refractivity contribution in [2.75, 3.05) is 26.3 Å². The minimum absolute atomic E-state index is 0.00591. The summed E-state index contributed by atoms with van der Waals surface area (Å²) < 4.78 is 21.6. The third-order valence-corrected chi connectivity index (χ3v) is 20.9. The third-order valence-electron chi connectivity index (χ3n) is 20.9. The molecule has 1 unspecified atom stereocenters. The third kappa shape index (κ3) is 8.43. The lowest BCUT2D eigenvalue weighted by Gasteiger charge is -2.52. The number of phenolic OH excluding ortho intramolecular Hbond substituents is 2. The summed E-state index contributed by atoms with van der Waals surface area (Å²) in [4.78, 5) is 30.5. The minimum Gasteiger partial charge on any atom is -0.508 e. The van der Waals surface area contributed by atoms with E-state index in [-0.39, 0.29) is 100 Å². The first-order valence-corrected chi connectivity index (χ1v) is 29.5. The second-order valence-corrected chi connectivity index (χ2v) is 24.8. The summed E-state index contributed by atoms with van der Waals surface area (Å²) in [5.74, 6) is -3.73. The molecule has 428 valence electrons. The number of hydrogen-bond donors (Lipinski definition) is 11. The summed E-state index contributed by atoms with van der Waals surface area (Å²) >= 11 is 0. The molecule has 4 aliphatic heterocycles. The molecular weight excluding hydrogens is 1030 g/mol. The zero-order valence-corrected chi connectivity index (χ0v) is 46.3. The Morgan fingerprint density at radius 3 is 2.58 bits per heavy atom. The molecule has 2 saturated carbocycles. The molecule has 3 aromatic carbocycles. The Hall–Kier alpha value is -6.40. The van der Waals surface area contributed by atoms with Crippen LogP contribution >= 0.6 is 0 Å². The number of aliphatic hydroxyl groups excluding tert-OH is 4. The van der Waals surface area contributed by atoms with Gasteiger partial charge in [0.2, 0.25) is 0 Å². The first-order chi connectivity index (χ1) is 39.1. The van der Waals surface area contributed by atoms with Gasteiger partial charge in [-0.15, -0.1) is 0 Å². The number of nitrogens with one attached hydrogen (secondary N) is 3. The zero-order chi connectivity index (χ0) is 56.4. The normalized spacial score (nSPS) is 33.6.